The fourth-order valence-electron chi connectivity index (χ4n) is 1.95. The molecule has 0 fully saturated rings. The molecule has 18 heavy (non-hydrogen) atoms. The molecule has 4 heteroatoms. The van der Waals surface area contributed by atoms with Crippen LogP contribution >= 0.6 is 38.9 Å². The van der Waals surface area contributed by atoms with Crippen LogP contribution < -0.4 is 5.32 Å². The van der Waals surface area contributed by atoms with Crippen LogP contribution in [0.4, 0.5) is 0 Å². The summed E-state index contributed by atoms with van der Waals surface area (Å²) in [5, 5.41) is 6.25. The lowest BCUT2D eigenvalue weighted by molar-refractivity contribution is 0.551. The summed E-state index contributed by atoms with van der Waals surface area (Å²) in [4.78, 5) is 1.43. The highest BCUT2D eigenvalue weighted by Crippen LogP contribution is 2.28. The van der Waals surface area contributed by atoms with E-state index in [1.807, 2.05) is 24.5 Å². The minimum atomic E-state index is 0.362. The van der Waals surface area contributed by atoms with Crippen molar-refractivity contribution in [2.24, 2.45) is 0 Å². The molecule has 1 heterocycles. The van der Waals surface area contributed by atoms with Gasteiger partial charge in [-0.3, -0.25) is 0 Å². The van der Waals surface area contributed by atoms with Gasteiger partial charge in [0.15, 0.2) is 0 Å². The van der Waals surface area contributed by atoms with Gasteiger partial charge >= 0.3 is 0 Å². The number of benzene rings is 1. The van der Waals surface area contributed by atoms with Gasteiger partial charge in [0.1, 0.15) is 0 Å². The summed E-state index contributed by atoms with van der Waals surface area (Å²) in [5.74, 6) is 0. The molecule has 0 saturated heterocycles. The zero-order valence-electron chi connectivity index (χ0n) is 10.1. The van der Waals surface area contributed by atoms with E-state index in [1.54, 1.807) is 0 Å². The van der Waals surface area contributed by atoms with Crippen LogP contribution in [-0.2, 0) is 6.42 Å². The van der Waals surface area contributed by atoms with Gasteiger partial charge in [0.05, 0.1) is 5.02 Å². The van der Waals surface area contributed by atoms with E-state index in [-0.39, 0.29) is 0 Å². The SMILES string of the molecule is CNC(CCc1cccs1)c1ccc(Cl)c(Br)c1. The highest BCUT2D eigenvalue weighted by atomic mass is 79.9. The first-order valence-corrected chi connectivity index (χ1v) is 7.90. The van der Waals surface area contributed by atoms with Crippen molar-refractivity contribution in [2.75, 3.05) is 7.05 Å². The van der Waals surface area contributed by atoms with E-state index in [0.29, 0.717) is 6.04 Å². The largest absolute Gasteiger partial charge is 0.313 e. The summed E-state index contributed by atoms with van der Waals surface area (Å²) in [5.41, 5.74) is 1.27. The molecule has 1 N–H and O–H groups in total. The van der Waals surface area contributed by atoms with Crippen molar-refractivity contribution in [2.45, 2.75) is 18.9 Å². The highest BCUT2D eigenvalue weighted by molar-refractivity contribution is 9.10. The number of hydrogen-bond donors (Lipinski definition) is 1. The van der Waals surface area contributed by atoms with Crippen molar-refractivity contribution in [1.29, 1.82) is 0 Å². The van der Waals surface area contributed by atoms with Gasteiger partial charge in [-0.2, -0.15) is 0 Å². The predicted octanol–water partition coefficient (Wildman–Crippen LogP) is 5.06. The first kappa shape index (κ1) is 14.1. The molecule has 0 amide bonds. The Bertz CT molecular complexity index is 499. The Morgan fingerprint density at radius 3 is 2.83 bits per heavy atom. The molecule has 2 rings (SSSR count). The Morgan fingerprint density at radius 2 is 2.22 bits per heavy atom. The smallest absolute Gasteiger partial charge is 0.0548 e. The van der Waals surface area contributed by atoms with Gasteiger partial charge in [-0.05, 0) is 65.0 Å². The van der Waals surface area contributed by atoms with Gasteiger partial charge < -0.3 is 5.32 Å². The van der Waals surface area contributed by atoms with Crippen LogP contribution in [0.3, 0.4) is 0 Å². The Morgan fingerprint density at radius 1 is 1.39 bits per heavy atom. The summed E-state index contributed by atoms with van der Waals surface area (Å²) in [6.07, 6.45) is 2.19. The molecule has 1 nitrogen and oxygen atoms in total. The topological polar surface area (TPSA) is 12.0 Å². The summed E-state index contributed by atoms with van der Waals surface area (Å²) in [6.45, 7) is 0. The number of rotatable bonds is 5. The van der Waals surface area contributed by atoms with Crippen molar-refractivity contribution in [3.63, 3.8) is 0 Å². The van der Waals surface area contributed by atoms with Gasteiger partial charge in [0, 0.05) is 15.4 Å². The minimum Gasteiger partial charge on any atom is -0.313 e. The van der Waals surface area contributed by atoms with Crippen molar-refractivity contribution < 1.29 is 0 Å². The third kappa shape index (κ3) is 3.58. The zero-order chi connectivity index (χ0) is 13.0. The molecule has 2 aromatic rings. The van der Waals surface area contributed by atoms with Crippen LogP contribution in [0.25, 0.3) is 0 Å². The fourth-order valence-corrected chi connectivity index (χ4v) is 3.19. The van der Waals surface area contributed by atoms with E-state index in [0.717, 1.165) is 22.3 Å². The van der Waals surface area contributed by atoms with E-state index in [1.165, 1.54) is 10.4 Å². The summed E-state index contributed by atoms with van der Waals surface area (Å²) < 4.78 is 0.957. The molecule has 0 saturated carbocycles. The minimum absolute atomic E-state index is 0.362. The Hall–Kier alpha value is -0.350. The molecule has 0 aliphatic heterocycles. The zero-order valence-corrected chi connectivity index (χ0v) is 13.3. The van der Waals surface area contributed by atoms with Crippen LogP contribution in [0.1, 0.15) is 22.9 Å². The molecular weight excluding hydrogens is 330 g/mol. The van der Waals surface area contributed by atoms with Crippen LogP contribution in [0.15, 0.2) is 40.2 Å². The maximum atomic E-state index is 6.02. The Labute approximate surface area is 125 Å². The van der Waals surface area contributed by atoms with Crippen LogP contribution in [-0.4, -0.2) is 7.05 Å². The van der Waals surface area contributed by atoms with Crippen molar-refractivity contribution in [1.82, 2.24) is 5.32 Å². The van der Waals surface area contributed by atoms with Gasteiger partial charge in [0.2, 0.25) is 0 Å². The molecule has 1 unspecified atom stereocenters. The van der Waals surface area contributed by atoms with E-state index in [2.05, 4.69) is 50.9 Å². The molecule has 1 aromatic heterocycles. The lowest BCUT2D eigenvalue weighted by Gasteiger charge is -2.17. The third-order valence-corrected chi connectivity index (χ3v) is 5.10. The Kier molecular flexibility index (Phi) is 5.25. The molecule has 0 aliphatic rings. The summed E-state index contributed by atoms with van der Waals surface area (Å²) >= 11 is 11.3. The first-order valence-electron chi connectivity index (χ1n) is 5.85. The second-order valence-electron chi connectivity index (χ2n) is 4.13. The maximum absolute atomic E-state index is 6.02. The molecule has 96 valence electrons. The van der Waals surface area contributed by atoms with Crippen LogP contribution in [0, 0.1) is 0 Å². The summed E-state index contributed by atoms with van der Waals surface area (Å²) in [7, 11) is 2.00. The number of thiophene rings is 1. The maximum Gasteiger partial charge on any atom is 0.0548 e. The normalized spacial score (nSPS) is 12.6. The van der Waals surface area contributed by atoms with Gasteiger partial charge in [0.25, 0.3) is 0 Å². The molecule has 1 atom stereocenters. The van der Waals surface area contributed by atoms with E-state index in [9.17, 15) is 0 Å². The predicted molar refractivity (Wildman–Crippen MR) is 83.6 cm³/mol. The number of nitrogens with one attached hydrogen (secondary N) is 1. The molecule has 0 aliphatic carbocycles. The molecule has 0 bridgehead atoms. The van der Waals surface area contributed by atoms with Gasteiger partial charge in [-0.25, -0.2) is 0 Å². The van der Waals surface area contributed by atoms with Crippen molar-refractivity contribution in [3.8, 4) is 0 Å². The van der Waals surface area contributed by atoms with E-state index < -0.39 is 0 Å². The van der Waals surface area contributed by atoms with Crippen molar-refractivity contribution in [3.05, 3.63) is 55.6 Å². The number of aryl methyl sites for hydroxylation is 1. The Balaban J connectivity index is 2.05. The molecular formula is C14H15BrClNS. The molecule has 1 aromatic carbocycles. The van der Waals surface area contributed by atoms with Crippen LogP contribution in [0.2, 0.25) is 5.02 Å². The third-order valence-electron chi connectivity index (χ3n) is 2.95. The van der Waals surface area contributed by atoms with Gasteiger partial charge in [-0.1, -0.05) is 23.7 Å². The van der Waals surface area contributed by atoms with E-state index >= 15 is 0 Å². The van der Waals surface area contributed by atoms with E-state index in [4.69, 9.17) is 11.6 Å². The average Bonchev–Trinajstić information content (AvgIpc) is 2.87. The fraction of sp³-hybridized carbons (Fsp3) is 0.286. The van der Waals surface area contributed by atoms with Gasteiger partial charge in [-0.15, -0.1) is 11.3 Å². The van der Waals surface area contributed by atoms with Crippen LogP contribution in [0.5, 0.6) is 0 Å². The first-order chi connectivity index (χ1) is 8.70. The molecule has 0 spiro atoms. The second-order valence-corrected chi connectivity index (χ2v) is 6.43. The highest BCUT2D eigenvalue weighted by Gasteiger charge is 2.11. The van der Waals surface area contributed by atoms with Crippen molar-refractivity contribution >= 4 is 38.9 Å². The lowest BCUT2D eigenvalue weighted by Crippen LogP contribution is -2.17. The number of hydrogen-bond acceptors (Lipinski definition) is 2. The average molecular weight is 345 g/mol. The molecule has 0 radical (unpaired) electrons. The monoisotopic (exact) mass is 343 g/mol. The quantitative estimate of drug-likeness (QED) is 0.799. The second kappa shape index (κ2) is 6.71. The number of halogens is 2. The summed E-state index contributed by atoms with van der Waals surface area (Å²) in [6, 6.07) is 10.8. The lowest BCUT2D eigenvalue weighted by atomic mass is 10.0. The standard InChI is InChI=1S/C14H15BrClNS/c1-17-14(7-5-11-3-2-8-18-11)10-4-6-13(16)12(15)9-10/h2-4,6,8-9,14,17H,5,7H2,1H3.